The second-order valence-corrected chi connectivity index (χ2v) is 6.52. The van der Waals surface area contributed by atoms with Crippen LogP contribution in [0.1, 0.15) is 0 Å². The van der Waals surface area contributed by atoms with Gasteiger partial charge >= 0.3 is 0 Å². The normalized spacial score (nSPS) is 11.0. The van der Waals surface area contributed by atoms with Crippen LogP contribution in [-0.4, -0.2) is 8.42 Å². The monoisotopic (exact) mass is 323 g/mol. The number of anilines is 2. The summed E-state index contributed by atoms with van der Waals surface area (Å²) < 4.78 is 28.4. The second-order valence-electron chi connectivity index (χ2n) is 4.92. The van der Waals surface area contributed by atoms with Crippen molar-refractivity contribution in [1.82, 2.24) is 4.72 Å². The molecule has 5 heteroatoms. The molecule has 0 saturated carbocycles. The number of rotatable bonds is 5. The van der Waals surface area contributed by atoms with Gasteiger partial charge < -0.3 is 5.32 Å². The second kappa shape index (κ2) is 6.54. The van der Waals surface area contributed by atoms with Gasteiger partial charge in [0.15, 0.2) is 0 Å². The Morgan fingerprint density at radius 3 is 1.78 bits per heavy atom. The number of hydrogen-bond acceptors (Lipinski definition) is 3. The van der Waals surface area contributed by atoms with Gasteiger partial charge in [0.1, 0.15) is 0 Å². The van der Waals surface area contributed by atoms with E-state index in [9.17, 15) is 8.42 Å². The number of benzene rings is 3. The quantitative estimate of drug-likeness (QED) is 0.770. The minimum absolute atomic E-state index is 0.167. The van der Waals surface area contributed by atoms with Crippen molar-refractivity contribution >= 4 is 27.1 Å². The number of sulfonamides is 1. The molecule has 0 atom stereocenters. The third-order valence-electron chi connectivity index (χ3n) is 3.20. The third kappa shape index (κ3) is 3.90. The van der Waals surface area contributed by atoms with Gasteiger partial charge in [0.25, 0.3) is 10.0 Å². The summed E-state index contributed by atoms with van der Waals surface area (Å²) in [6, 6.07) is 24.8. The predicted octanol–water partition coefficient (Wildman–Crippen LogP) is 4.06. The molecule has 0 saturated heterocycles. The van der Waals surface area contributed by atoms with Crippen molar-refractivity contribution in [1.29, 1.82) is 0 Å². The lowest BCUT2D eigenvalue weighted by atomic mass is 10.3. The summed E-state index contributed by atoms with van der Waals surface area (Å²) in [5.74, 6) is 0. The van der Waals surface area contributed by atoms with Gasteiger partial charge in [-0.25, -0.2) is 0 Å². The number of nitrogens with one attached hydrogen (secondary N) is 1. The van der Waals surface area contributed by atoms with Gasteiger partial charge in [-0.1, -0.05) is 36.4 Å². The fourth-order valence-corrected chi connectivity index (χ4v) is 3.06. The van der Waals surface area contributed by atoms with Crippen LogP contribution in [0.4, 0.5) is 17.1 Å². The Hall–Kier alpha value is -2.79. The molecule has 0 heterocycles. The lowest BCUT2D eigenvalue weighted by molar-refractivity contribution is 0.590. The zero-order valence-electron chi connectivity index (χ0n) is 12.3. The van der Waals surface area contributed by atoms with E-state index in [0.717, 1.165) is 11.4 Å². The molecule has 0 fully saturated rings. The minimum Gasteiger partial charge on any atom is -0.356 e. The summed E-state index contributed by atoms with van der Waals surface area (Å²) in [5, 5.41) is 3.21. The summed E-state index contributed by atoms with van der Waals surface area (Å²) >= 11 is 0. The van der Waals surface area contributed by atoms with Crippen LogP contribution in [0.25, 0.3) is 0 Å². The van der Waals surface area contributed by atoms with Crippen molar-refractivity contribution in [3.63, 3.8) is 0 Å². The Balaban J connectivity index is 1.76. The first-order valence-corrected chi connectivity index (χ1v) is 8.53. The Morgan fingerprint density at radius 1 is 0.652 bits per heavy atom. The maximum absolute atomic E-state index is 12.3. The molecule has 0 amide bonds. The Bertz CT molecular complexity index is 862. The Labute approximate surface area is 135 Å². The highest BCUT2D eigenvalue weighted by Gasteiger charge is 2.16. The molecule has 1 N–H and O–H groups in total. The lowest BCUT2D eigenvalue weighted by Crippen LogP contribution is -2.11. The molecule has 4 nitrogen and oxygen atoms in total. The van der Waals surface area contributed by atoms with E-state index < -0.39 is 10.0 Å². The summed E-state index contributed by atoms with van der Waals surface area (Å²) in [4.78, 5) is 0.167. The third-order valence-corrected chi connectivity index (χ3v) is 4.52. The Kier molecular flexibility index (Phi) is 4.30. The van der Waals surface area contributed by atoms with E-state index in [1.807, 2.05) is 36.4 Å². The van der Waals surface area contributed by atoms with Crippen molar-refractivity contribution in [3.05, 3.63) is 84.9 Å². The van der Waals surface area contributed by atoms with Crippen LogP contribution in [0.3, 0.4) is 0 Å². The van der Waals surface area contributed by atoms with E-state index in [0.29, 0.717) is 5.69 Å². The molecule has 0 aliphatic rings. The van der Waals surface area contributed by atoms with Crippen LogP contribution in [0.5, 0.6) is 0 Å². The predicted molar refractivity (Wildman–Crippen MR) is 91.6 cm³/mol. The largest absolute Gasteiger partial charge is 0.356 e. The topological polar surface area (TPSA) is 60.3 Å². The van der Waals surface area contributed by atoms with Crippen molar-refractivity contribution in [2.45, 2.75) is 4.90 Å². The van der Waals surface area contributed by atoms with Gasteiger partial charge in [-0.3, -0.25) is 0 Å². The van der Waals surface area contributed by atoms with Gasteiger partial charge in [-0.15, -0.1) is 0 Å². The summed E-state index contributed by atoms with van der Waals surface area (Å²) in [5.41, 5.74) is 2.17. The fourth-order valence-electron chi connectivity index (χ4n) is 2.08. The summed E-state index contributed by atoms with van der Waals surface area (Å²) in [7, 11) is -3.71. The molecule has 1 radical (unpaired) electrons. The highest BCUT2D eigenvalue weighted by atomic mass is 32.2. The van der Waals surface area contributed by atoms with Crippen molar-refractivity contribution in [2.24, 2.45) is 0 Å². The molecule has 0 aliphatic carbocycles. The summed E-state index contributed by atoms with van der Waals surface area (Å²) in [6.07, 6.45) is 0. The van der Waals surface area contributed by atoms with Gasteiger partial charge in [-0.05, 0) is 48.5 Å². The zero-order valence-corrected chi connectivity index (χ0v) is 13.1. The SMILES string of the molecule is O=S(=O)([N]c1ccccc1)c1ccc(Nc2ccccc2)cc1. The van der Waals surface area contributed by atoms with Crippen LogP contribution in [0, 0.1) is 0 Å². The maximum Gasteiger partial charge on any atom is 0.282 e. The number of hydrogen-bond donors (Lipinski definition) is 1. The van der Waals surface area contributed by atoms with Gasteiger partial charge in [0.2, 0.25) is 0 Å². The van der Waals surface area contributed by atoms with E-state index in [4.69, 9.17) is 0 Å². The van der Waals surface area contributed by atoms with Crippen molar-refractivity contribution in [2.75, 3.05) is 5.32 Å². The molecule has 23 heavy (non-hydrogen) atoms. The van der Waals surface area contributed by atoms with E-state index in [2.05, 4.69) is 10.0 Å². The lowest BCUT2D eigenvalue weighted by Gasteiger charge is -2.08. The molecular weight excluding hydrogens is 308 g/mol. The first kappa shape index (κ1) is 15.1. The molecule has 0 aromatic heterocycles. The first-order valence-electron chi connectivity index (χ1n) is 7.09. The smallest absolute Gasteiger partial charge is 0.282 e. The van der Waals surface area contributed by atoms with Crippen LogP contribution in [0.2, 0.25) is 0 Å². The highest BCUT2D eigenvalue weighted by molar-refractivity contribution is 7.89. The average Bonchev–Trinajstić information content (AvgIpc) is 2.57. The molecule has 115 valence electrons. The Morgan fingerprint density at radius 2 is 1.17 bits per heavy atom. The van der Waals surface area contributed by atoms with E-state index in [1.165, 1.54) is 0 Å². The molecule has 0 spiro atoms. The standard InChI is InChI=1S/C18H15N2O2S/c21-23(22,20-17-9-5-2-6-10-17)18-13-11-16(12-14-18)19-15-7-3-1-4-8-15/h1-14,19H. The molecule has 3 aromatic rings. The molecule has 3 aromatic carbocycles. The number of para-hydroxylation sites is 1. The maximum atomic E-state index is 12.3. The summed E-state index contributed by atoms with van der Waals surface area (Å²) in [6.45, 7) is 0. The van der Waals surface area contributed by atoms with Crippen molar-refractivity contribution in [3.8, 4) is 0 Å². The number of nitrogens with zero attached hydrogens (tertiary/aromatic N) is 1. The van der Waals surface area contributed by atoms with Gasteiger partial charge in [0, 0.05) is 11.4 Å². The van der Waals surface area contributed by atoms with Crippen LogP contribution < -0.4 is 10.0 Å². The van der Waals surface area contributed by atoms with E-state index in [1.54, 1.807) is 48.5 Å². The van der Waals surface area contributed by atoms with Crippen molar-refractivity contribution < 1.29 is 8.42 Å². The van der Waals surface area contributed by atoms with Crippen LogP contribution in [0.15, 0.2) is 89.8 Å². The van der Waals surface area contributed by atoms with E-state index in [-0.39, 0.29) is 4.90 Å². The average molecular weight is 323 g/mol. The molecule has 0 aliphatic heterocycles. The molecule has 3 rings (SSSR count). The first-order chi connectivity index (χ1) is 11.1. The fraction of sp³-hybridized carbons (Fsp3) is 0. The van der Waals surface area contributed by atoms with Crippen LogP contribution >= 0.6 is 0 Å². The minimum atomic E-state index is -3.71. The molecular formula is C18H15N2O2S. The van der Waals surface area contributed by atoms with Gasteiger partial charge in [0.05, 0.1) is 10.6 Å². The van der Waals surface area contributed by atoms with E-state index >= 15 is 0 Å². The molecule has 0 bridgehead atoms. The zero-order chi connectivity index (χ0) is 16.1. The van der Waals surface area contributed by atoms with Crippen LogP contribution in [-0.2, 0) is 10.0 Å². The van der Waals surface area contributed by atoms with Gasteiger partial charge in [-0.2, -0.15) is 13.1 Å². The highest BCUT2D eigenvalue weighted by Crippen LogP contribution is 2.20. The molecule has 0 unspecified atom stereocenters.